The Kier molecular flexibility index (Phi) is 3.47. The van der Waals surface area contributed by atoms with Gasteiger partial charge in [0.05, 0.1) is 0 Å². The van der Waals surface area contributed by atoms with Crippen molar-refractivity contribution in [1.82, 2.24) is 4.98 Å². The standard InChI is InChI=1S/C15H16NO4P/c1-10-5-4-6-14(12(10)3)19-21(17)18-9-13-15(20-21)8-7-11(2)16-13/h4-8H,9H2,1-3H3. The number of hydrogen-bond acceptors (Lipinski definition) is 5. The molecular formula is C15H16NO4P. The number of nitrogens with zero attached hydrogens (tertiary/aromatic N) is 1. The number of rotatable bonds is 2. The fourth-order valence-corrected chi connectivity index (χ4v) is 3.33. The van der Waals surface area contributed by atoms with E-state index in [9.17, 15) is 4.57 Å². The number of aryl methyl sites for hydroxylation is 2. The molecule has 0 fully saturated rings. The normalized spacial score (nSPS) is 20.5. The van der Waals surface area contributed by atoms with Gasteiger partial charge in [-0.15, -0.1) is 0 Å². The molecule has 6 heteroatoms. The van der Waals surface area contributed by atoms with Gasteiger partial charge in [0, 0.05) is 5.69 Å². The Bertz CT molecular complexity index is 744. The van der Waals surface area contributed by atoms with Gasteiger partial charge in [-0.3, -0.25) is 9.51 Å². The molecule has 0 saturated carbocycles. The molecule has 0 amide bonds. The lowest BCUT2D eigenvalue weighted by Crippen LogP contribution is -2.13. The first-order valence-corrected chi connectivity index (χ1v) is 8.09. The predicted octanol–water partition coefficient (Wildman–Crippen LogP) is 4.10. The van der Waals surface area contributed by atoms with Crippen molar-refractivity contribution in [1.29, 1.82) is 0 Å². The Labute approximate surface area is 123 Å². The van der Waals surface area contributed by atoms with Crippen LogP contribution in [0.2, 0.25) is 0 Å². The van der Waals surface area contributed by atoms with Crippen LogP contribution in [0.1, 0.15) is 22.5 Å². The van der Waals surface area contributed by atoms with Gasteiger partial charge in [0.1, 0.15) is 18.1 Å². The molecule has 0 aliphatic carbocycles. The van der Waals surface area contributed by atoms with Crippen LogP contribution in [0.15, 0.2) is 30.3 Å². The van der Waals surface area contributed by atoms with Crippen LogP contribution in [-0.2, 0) is 15.7 Å². The van der Waals surface area contributed by atoms with Crippen molar-refractivity contribution in [3.8, 4) is 11.5 Å². The van der Waals surface area contributed by atoms with E-state index in [4.69, 9.17) is 13.6 Å². The fourth-order valence-electron chi connectivity index (χ4n) is 2.06. The minimum absolute atomic E-state index is 0.110. The number of phosphoric ester groups is 1. The second-order valence-electron chi connectivity index (χ2n) is 5.00. The Morgan fingerprint density at radius 1 is 1.19 bits per heavy atom. The van der Waals surface area contributed by atoms with E-state index in [2.05, 4.69) is 4.98 Å². The molecule has 0 radical (unpaired) electrons. The van der Waals surface area contributed by atoms with Crippen molar-refractivity contribution in [3.05, 3.63) is 52.8 Å². The molecule has 0 N–H and O–H groups in total. The van der Waals surface area contributed by atoms with Gasteiger partial charge < -0.3 is 9.05 Å². The maximum Gasteiger partial charge on any atom is 0.588 e. The molecule has 1 unspecified atom stereocenters. The van der Waals surface area contributed by atoms with Crippen LogP contribution in [0.25, 0.3) is 0 Å². The number of aromatic nitrogens is 1. The summed E-state index contributed by atoms with van der Waals surface area (Å²) in [5.74, 6) is 0.947. The molecule has 3 rings (SSSR count). The molecular weight excluding hydrogens is 289 g/mol. The highest BCUT2D eigenvalue weighted by molar-refractivity contribution is 7.49. The first kappa shape index (κ1) is 14.1. The highest BCUT2D eigenvalue weighted by atomic mass is 31.2. The highest BCUT2D eigenvalue weighted by Crippen LogP contribution is 2.54. The van der Waals surface area contributed by atoms with E-state index in [0.29, 0.717) is 17.2 Å². The number of hydrogen-bond donors (Lipinski definition) is 0. The maximum absolute atomic E-state index is 12.6. The van der Waals surface area contributed by atoms with Crippen LogP contribution in [0.4, 0.5) is 0 Å². The minimum atomic E-state index is -3.67. The SMILES string of the molecule is Cc1ccc2c(n1)COP(=O)(Oc1cccc(C)c1C)O2. The third-order valence-electron chi connectivity index (χ3n) is 3.41. The molecule has 1 aliphatic heterocycles. The summed E-state index contributed by atoms with van der Waals surface area (Å²) in [4.78, 5) is 4.29. The van der Waals surface area contributed by atoms with Gasteiger partial charge in [-0.05, 0) is 50.1 Å². The van der Waals surface area contributed by atoms with Crippen LogP contribution in [-0.4, -0.2) is 4.98 Å². The fraction of sp³-hybridized carbons (Fsp3) is 0.267. The Morgan fingerprint density at radius 3 is 2.81 bits per heavy atom. The van der Waals surface area contributed by atoms with Crippen LogP contribution in [0, 0.1) is 20.8 Å². The summed E-state index contributed by atoms with van der Waals surface area (Å²) in [5.41, 5.74) is 3.45. The molecule has 1 atom stereocenters. The van der Waals surface area contributed by atoms with Gasteiger partial charge in [0.15, 0.2) is 5.75 Å². The topological polar surface area (TPSA) is 57.7 Å². The Balaban J connectivity index is 1.88. The first-order valence-electron chi connectivity index (χ1n) is 6.63. The smallest absolute Gasteiger partial charge is 0.395 e. The van der Waals surface area contributed by atoms with E-state index >= 15 is 0 Å². The predicted molar refractivity (Wildman–Crippen MR) is 78.5 cm³/mol. The molecule has 0 spiro atoms. The zero-order valence-electron chi connectivity index (χ0n) is 12.1. The second kappa shape index (κ2) is 5.17. The van der Waals surface area contributed by atoms with Gasteiger partial charge in [0.25, 0.3) is 0 Å². The van der Waals surface area contributed by atoms with Crippen molar-refractivity contribution >= 4 is 7.82 Å². The summed E-state index contributed by atoms with van der Waals surface area (Å²) in [7, 11) is -3.67. The summed E-state index contributed by atoms with van der Waals surface area (Å²) in [6.45, 7) is 5.85. The van der Waals surface area contributed by atoms with Crippen LogP contribution >= 0.6 is 7.82 Å². The zero-order valence-corrected chi connectivity index (χ0v) is 13.0. The number of fused-ring (bicyclic) bond motifs is 1. The van der Waals surface area contributed by atoms with E-state index < -0.39 is 7.82 Å². The molecule has 1 aromatic heterocycles. The largest absolute Gasteiger partial charge is 0.588 e. The van der Waals surface area contributed by atoms with Crippen molar-refractivity contribution in [3.63, 3.8) is 0 Å². The minimum Gasteiger partial charge on any atom is -0.395 e. The van der Waals surface area contributed by atoms with Crippen LogP contribution in [0.5, 0.6) is 11.5 Å². The first-order chi connectivity index (χ1) is 9.97. The van der Waals surface area contributed by atoms with Crippen LogP contribution in [0.3, 0.4) is 0 Å². The molecule has 110 valence electrons. The van der Waals surface area contributed by atoms with E-state index in [0.717, 1.165) is 16.8 Å². The van der Waals surface area contributed by atoms with Crippen molar-refractivity contribution in [2.75, 3.05) is 0 Å². The summed E-state index contributed by atoms with van der Waals surface area (Å²) >= 11 is 0. The summed E-state index contributed by atoms with van der Waals surface area (Å²) in [6.07, 6.45) is 0. The number of pyridine rings is 1. The van der Waals surface area contributed by atoms with Crippen molar-refractivity contribution in [2.24, 2.45) is 0 Å². The molecule has 2 aromatic rings. The third-order valence-corrected chi connectivity index (χ3v) is 4.69. The Hall–Kier alpha value is -1.84. The molecule has 0 bridgehead atoms. The molecule has 1 aromatic carbocycles. The summed E-state index contributed by atoms with van der Waals surface area (Å²) in [5, 5.41) is 0. The average Bonchev–Trinajstić information content (AvgIpc) is 2.44. The molecule has 0 saturated heterocycles. The van der Waals surface area contributed by atoms with Gasteiger partial charge in [-0.25, -0.2) is 4.57 Å². The lowest BCUT2D eigenvalue weighted by atomic mass is 10.1. The van der Waals surface area contributed by atoms with Crippen LogP contribution < -0.4 is 9.05 Å². The lowest BCUT2D eigenvalue weighted by molar-refractivity contribution is 0.177. The third kappa shape index (κ3) is 2.80. The van der Waals surface area contributed by atoms with Crippen molar-refractivity contribution in [2.45, 2.75) is 27.4 Å². The molecule has 21 heavy (non-hydrogen) atoms. The van der Waals surface area contributed by atoms with Gasteiger partial charge in [0.2, 0.25) is 0 Å². The molecule has 5 nitrogen and oxygen atoms in total. The van der Waals surface area contributed by atoms with Gasteiger partial charge >= 0.3 is 7.82 Å². The van der Waals surface area contributed by atoms with E-state index in [1.807, 2.05) is 32.9 Å². The van der Waals surface area contributed by atoms with E-state index in [-0.39, 0.29) is 6.61 Å². The second-order valence-corrected chi connectivity index (χ2v) is 6.52. The number of phosphoric acid groups is 1. The van der Waals surface area contributed by atoms with E-state index in [1.165, 1.54) is 0 Å². The van der Waals surface area contributed by atoms with Gasteiger partial charge in [-0.1, -0.05) is 12.1 Å². The average molecular weight is 305 g/mol. The zero-order chi connectivity index (χ0) is 15.0. The Morgan fingerprint density at radius 2 is 2.00 bits per heavy atom. The molecule has 1 aliphatic rings. The highest BCUT2D eigenvalue weighted by Gasteiger charge is 2.37. The quantitative estimate of drug-likeness (QED) is 0.782. The summed E-state index contributed by atoms with van der Waals surface area (Å²) in [6, 6.07) is 9.08. The van der Waals surface area contributed by atoms with Crippen molar-refractivity contribution < 1.29 is 18.1 Å². The molecule has 2 heterocycles. The van der Waals surface area contributed by atoms with E-state index in [1.54, 1.807) is 18.2 Å². The monoisotopic (exact) mass is 305 g/mol. The summed E-state index contributed by atoms with van der Waals surface area (Å²) < 4.78 is 28.9. The lowest BCUT2D eigenvalue weighted by Gasteiger charge is -2.25. The van der Waals surface area contributed by atoms with Gasteiger partial charge in [-0.2, -0.15) is 0 Å². The number of benzene rings is 1. The maximum atomic E-state index is 12.6.